The summed E-state index contributed by atoms with van der Waals surface area (Å²) in [5.74, 6) is 0. The van der Waals surface area contributed by atoms with Crippen LogP contribution in [0.15, 0.2) is 60.7 Å². The maximum absolute atomic E-state index is 11.6. The number of benzene rings is 2. The van der Waals surface area contributed by atoms with Gasteiger partial charge in [-0.2, -0.15) is 0 Å². The van der Waals surface area contributed by atoms with Gasteiger partial charge in [0.05, 0.1) is 0 Å². The fourth-order valence-electron chi connectivity index (χ4n) is 2.05. The van der Waals surface area contributed by atoms with Crippen molar-refractivity contribution in [1.82, 2.24) is 10.6 Å². The minimum Gasteiger partial charge on any atom is -0.445 e. The van der Waals surface area contributed by atoms with Crippen molar-refractivity contribution in [2.24, 2.45) is 5.73 Å². The molecule has 0 heterocycles. The smallest absolute Gasteiger partial charge is 0.407 e. The molecule has 0 fully saturated rings. The third kappa shape index (κ3) is 7.67. The lowest BCUT2D eigenvalue weighted by atomic mass is 10.2. The van der Waals surface area contributed by atoms with Crippen LogP contribution in [0.1, 0.15) is 11.1 Å². The van der Waals surface area contributed by atoms with Crippen LogP contribution < -0.4 is 16.4 Å². The molecular weight excluding hydrogens is 334 g/mol. The first kappa shape index (κ1) is 19.3. The van der Waals surface area contributed by atoms with Gasteiger partial charge in [0, 0.05) is 19.1 Å². The Labute approximate surface area is 152 Å². The number of carbonyl (C=O) groups excluding carboxylic acids is 2. The molecule has 26 heavy (non-hydrogen) atoms. The molecule has 2 amide bonds. The van der Waals surface area contributed by atoms with Crippen molar-refractivity contribution >= 4 is 12.2 Å². The Kier molecular flexibility index (Phi) is 7.95. The molecule has 0 aliphatic heterocycles. The number of carbonyl (C=O) groups is 2. The predicted molar refractivity (Wildman–Crippen MR) is 97.2 cm³/mol. The lowest BCUT2D eigenvalue weighted by Gasteiger charge is -2.14. The molecule has 0 bridgehead atoms. The van der Waals surface area contributed by atoms with E-state index in [1.165, 1.54) is 0 Å². The van der Waals surface area contributed by atoms with Crippen molar-refractivity contribution in [1.29, 1.82) is 0 Å². The van der Waals surface area contributed by atoms with E-state index in [-0.39, 0.29) is 26.3 Å². The van der Waals surface area contributed by atoms with Gasteiger partial charge in [0.25, 0.3) is 0 Å². The summed E-state index contributed by atoms with van der Waals surface area (Å²) in [5.41, 5.74) is 7.64. The molecule has 7 heteroatoms. The summed E-state index contributed by atoms with van der Waals surface area (Å²) in [7, 11) is 0. The fourth-order valence-corrected chi connectivity index (χ4v) is 2.05. The quantitative estimate of drug-likeness (QED) is 0.672. The van der Waals surface area contributed by atoms with Crippen LogP contribution in [-0.2, 0) is 22.7 Å². The monoisotopic (exact) mass is 357 g/mol. The SMILES string of the molecule is NC(CNC(=O)OCc1ccccc1)CNC(=O)OCc1ccccc1. The third-order valence-corrected chi connectivity index (χ3v) is 3.44. The van der Waals surface area contributed by atoms with Gasteiger partial charge in [0.15, 0.2) is 0 Å². The van der Waals surface area contributed by atoms with Gasteiger partial charge in [-0.05, 0) is 11.1 Å². The van der Waals surface area contributed by atoms with E-state index in [0.717, 1.165) is 11.1 Å². The molecule has 0 saturated carbocycles. The van der Waals surface area contributed by atoms with Crippen LogP contribution in [0.5, 0.6) is 0 Å². The van der Waals surface area contributed by atoms with Crippen molar-refractivity contribution < 1.29 is 19.1 Å². The molecule has 0 aromatic heterocycles. The van der Waals surface area contributed by atoms with Gasteiger partial charge in [-0.3, -0.25) is 0 Å². The number of nitrogens with one attached hydrogen (secondary N) is 2. The number of rotatable bonds is 8. The number of alkyl carbamates (subject to hydrolysis) is 2. The highest BCUT2D eigenvalue weighted by atomic mass is 16.6. The van der Waals surface area contributed by atoms with Crippen LogP contribution in [0.3, 0.4) is 0 Å². The Bertz CT molecular complexity index is 620. The van der Waals surface area contributed by atoms with E-state index < -0.39 is 18.2 Å². The summed E-state index contributed by atoms with van der Waals surface area (Å²) in [4.78, 5) is 23.2. The van der Waals surface area contributed by atoms with E-state index in [9.17, 15) is 9.59 Å². The van der Waals surface area contributed by atoms with Gasteiger partial charge in [0.2, 0.25) is 0 Å². The largest absolute Gasteiger partial charge is 0.445 e. The van der Waals surface area contributed by atoms with Crippen LogP contribution in [-0.4, -0.2) is 31.3 Å². The van der Waals surface area contributed by atoms with Crippen LogP contribution in [0.2, 0.25) is 0 Å². The van der Waals surface area contributed by atoms with Gasteiger partial charge < -0.3 is 25.8 Å². The molecule has 7 nitrogen and oxygen atoms in total. The molecule has 0 saturated heterocycles. The molecule has 138 valence electrons. The second-order valence-electron chi connectivity index (χ2n) is 5.65. The number of hydrogen-bond acceptors (Lipinski definition) is 5. The number of ether oxygens (including phenoxy) is 2. The van der Waals surface area contributed by atoms with E-state index in [1.807, 2.05) is 60.7 Å². The normalized spacial score (nSPS) is 10.2. The van der Waals surface area contributed by atoms with E-state index in [0.29, 0.717) is 0 Å². The summed E-state index contributed by atoms with van der Waals surface area (Å²) in [6, 6.07) is 18.3. The zero-order valence-corrected chi connectivity index (χ0v) is 14.4. The van der Waals surface area contributed by atoms with E-state index in [4.69, 9.17) is 15.2 Å². The Hall–Kier alpha value is -3.06. The molecule has 0 atom stereocenters. The molecule has 0 radical (unpaired) electrons. The fraction of sp³-hybridized carbons (Fsp3) is 0.263. The Morgan fingerprint density at radius 2 is 1.15 bits per heavy atom. The Morgan fingerprint density at radius 3 is 1.54 bits per heavy atom. The standard InChI is InChI=1S/C19H23N3O4/c20-17(11-21-18(23)25-13-15-7-3-1-4-8-15)12-22-19(24)26-14-16-9-5-2-6-10-16/h1-10,17H,11-14,20H2,(H,21,23)(H,22,24). The molecular formula is C19H23N3O4. The zero-order chi connectivity index (χ0) is 18.6. The van der Waals surface area contributed by atoms with Crippen molar-refractivity contribution in [3.8, 4) is 0 Å². The predicted octanol–water partition coefficient (Wildman–Crippen LogP) is 2.17. The number of hydrogen-bond donors (Lipinski definition) is 3. The first-order valence-electron chi connectivity index (χ1n) is 8.28. The van der Waals surface area contributed by atoms with Crippen molar-refractivity contribution in [3.63, 3.8) is 0 Å². The van der Waals surface area contributed by atoms with Crippen LogP contribution in [0, 0.1) is 0 Å². The highest BCUT2D eigenvalue weighted by Crippen LogP contribution is 2.01. The lowest BCUT2D eigenvalue weighted by Crippen LogP contribution is -2.45. The summed E-state index contributed by atoms with van der Waals surface area (Å²) in [5, 5.41) is 5.11. The molecule has 4 N–H and O–H groups in total. The van der Waals surface area contributed by atoms with E-state index >= 15 is 0 Å². The first-order valence-corrected chi connectivity index (χ1v) is 8.28. The van der Waals surface area contributed by atoms with Gasteiger partial charge in [-0.25, -0.2) is 9.59 Å². The molecule has 2 aromatic carbocycles. The average molecular weight is 357 g/mol. The van der Waals surface area contributed by atoms with Crippen LogP contribution in [0.4, 0.5) is 9.59 Å². The lowest BCUT2D eigenvalue weighted by molar-refractivity contribution is 0.137. The first-order chi connectivity index (χ1) is 12.6. The molecule has 0 unspecified atom stereocenters. The molecule has 0 aliphatic carbocycles. The number of nitrogens with two attached hydrogens (primary N) is 1. The summed E-state index contributed by atoms with van der Waals surface area (Å²) in [6.07, 6.45) is -1.12. The molecule has 2 aromatic rings. The minimum atomic E-state index is -0.559. The summed E-state index contributed by atoms with van der Waals surface area (Å²) >= 11 is 0. The van der Waals surface area contributed by atoms with Gasteiger partial charge in [-0.15, -0.1) is 0 Å². The number of amides is 2. The second-order valence-corrected chi connectivity index (χ2v) is 5.65. The summed E-state index contributed by atoms with van der Waals surface area (Å²) < 4.78 is 10.1. The van der Waals surface area contributed by atoms with E-state index in [2.05, 4.69) is 10.6 Å². The van der Waals surface area contributed by atoms with Crippen molar-refractivity contribution in [2.45, 2.75) is 19.3 Å². The highest BCUT2D eigenvalue weighted by molar-refractivity contribution is 5.68. The van der Waals surface area contributed by atoms with Crippen molar-refractivity contribution in [3.05, 3.63) is 71.8 Å². The molecule has 0 aliphatic rings. The minimum absolute atomic E-state index is 0.173. The zero-order valence-electron chi connectivity index (χ0n) is 14.4. The van der Waals surface area contributed by atoms with E-state index in [1.54, 1.807) is 0 Å². The van der Waals surface area contributed by atoms with Gasteiger partial charge in [0.1, 0.15) is 13.2 Å². The van der Waals surface area contributed by atoms with Gasteiger partial charge in [-0.1, -0.05) is 60.7 Å². The molecule has 0 spiro atoms. The second kappa shape index (κ2) is 10.7. The summed E-state index contributed by atoms with van der Waals surface area (Å²) in [6.45, 7) is 0.719. The topological polar surface area (TPSA) is 103 Å². The maximum Gasteiger partial charge on any atom is 0.407 e. The average Bonchev–Trinajstić information content (AvgIpc) is 2.69. The highest BCUT2D eigenvalue weighted by Gasteiger charge is 2.09. The molecule has 2 rings (SSSR count). The van der Waals surface area contributed by atoms with Crippen LogP contribution in [0.25, 0.3) is 0 Å². The Balaban J connectivity index is 1.55. The van der Waals surface area contributed by atoms with Crippen LogP contribution >= 0.6 is 0 Å². The van der Waals surface area contributed by atoms with Gasteiger partial charge >= 0.3 is 12.2 Å². The van der Waals surface area contributed by atoms with Crippen molar-refractivity contribution in [2.75, 3.05) is 13.1 Å². The third-order valence-electron chi connectivity index (χ3n) is 3.44. The Morgan fingerprint density at radius 1 is 0.769 bits per heavy atom. The maximum atomic E-state index is 11.6.